The molecule has 0 saturated heterocycles. The summed E-state index contributed by atoms with van der Waals surface area (Å²) in [6.07, 6.45) is 0. The molecule has 2 aromatic rings. The van der Waals surface area contributed by atoms with E-state index < -0.39 is 17.5 Å². The molecule has 0 atom stereocenters. The SMILES string of the molecule is CCNCc1cc(-c2c(F)cc(F)cc2F)ccc1OC. The molecule has 0 spiro atoms. The van der Waals surface area contributed by atoms with Crippen LogP contribution in [0.1, 0.15) is 12.5 Å². The smallest absolute Gasteiger partial charge is 0.136 e. The molecule has 112 valence electrons. The lowest BCUT2D eigenvalue weighted by molar-refractivity contribution is 0.408. The number of benzene rings is 2. The molecule has 0 amide bonds. The highest BCUT2D eigenvalue weighted by Gasteiger charge is 2.15. The summed E-state index contributed by atoms with van der Waals surface area (Å²) >= 11 is 0. The van der Waals surface area contributed by atoms with Gasteiger partial charge in [-0.05, 0) is 24.2 Å². The fraction of sp³-hybridized carbons (Fsp3) is 0.250. The quantitative estimate of drug-likeness (QED) is 0.903. The first-order chi connectivity index (χ1) is 10.1. The van der Waals surface area contributed by atoms with Crippen molar-refractivity contribution >= 4 is 0 Å². The van der Waals surface area contributed by atoms with Gasteiger partial charge in [0.05, 0.1) is 12.7 Å². The molecule has 0 bridgehead atoms. The molecule has 2 nitrogen and oxygen atoms in total. The van der Waals surface area contributed by atoms with Gasteiger partial charge in [0.15, 0.2) is 0 Å². The Kier molecular flexibility index (Phi) is 4.85. The molecule has 0 saturated carbocycles. The minimum absolute atomic E-state index is 0.239. The van der Waals surface area contributed by atoms with Crippen LogP contribution < -0.4 is 10.1 Å². The van der Waals surface area contributed by atoms with E-state index in [1.54, 1.807) is 18.2 Å². The highest BCUT2D eigenvalue weighted by atomic mass is 19.1. The van der Waals surface area contributed by atoms with Crippen LogP contribution in [0.5, 0.6) is 5.75 Å². The van der Waals surface area contributed by atoms with E-state index in [0.717, 1.165) is 12.1 Å². The van der Waals surface area contributed by atoms with E-state index in [9.17, 15) is 13.2 Å². The van der Waals surface area contributed by atoms with Crippen LogP contribution in [-0.4, -0.2) is 13.7 Å². The number of nitrogens with one attached hydrogen (secondary N) is 1. The van der Waals surface area contributed by atoms with Crippen LogP contribution in [0.2, 0.25) is 0 Å². The van der Waals surface area contributed by atoms with Crippen molar-refractivity contribution < 1.29 is 17.9 Å². The number of hydrogen-bond donors (Lipinski definition) is 1. The molecule has 0 unspecified atom stereocenters. The minimum atomic E-state index is -0.935. The maximum atomic E-state index is 13.8. The standard InChI is InChI=1S/C16H16F3NO/c1-3-20-9-11-6-10(4-5-15(11)21-2)16-13(18)7-12(17)8-14(16)19/h4-8,20H,3,9H2,1-2H3. The van der Waals surface area contributed by atoms with Gasteiger partial charge in [0, 0.05) is 24.2 Å². The second-order valence-electron chi connectivity index (χ2n) is 4.55. The third-order valence-corrected chi connectivity index (χ3v) is 3.14. The van der Waals surface area contributed by atoms with Gasteiger partial charge in [-0.1, -0.05) is 13.0 Å². The molecule has 21 heavy (non-hydrogen) atoms. The number of halogens is 3. The van der Waals surface area contributed by atoms with Gasteiger partial charge in [-0.3, -0.25) is 0 Å². The van der Waals surface area contributed by atoms with Gasteiger partial charge < -0.3 is 10.1 Å². The number of hydrogen-bond acceptors (Lipinski definition) is 2. The molecule has 2 aromatic carbocycles. The fourth-order valence-corrected chi connectivity index (χ4v) is 2.15. The highest BCUT2D eigenvalue weighted by molar-refractivity contribution is 5.67. The van der Waals surface area contributed by atoms with E-state index in [4.69, 9.17) is 4.74 Å². The van der Waals surface area contributed by atoms with E-state index in [2.05, 4.69) is 5.32 Å². The fourth-order valence-electron chi connectivity index (χ4n) is 2.15. The Bertz CT molecular complexity index is 620. The summed E-state index contributed by atoms with van der Waals surface area (Å²) in [4.78, 5) is 0. The lowest BCUT2D eigenvalue weighted by Crippen LogP contribution is -2.12. The lowest BCUT2D eigenvalue weighted by atomic mass is 10.0. The molecule has 0 aliphatic rings. The predicted molar refractivity (Wildman–Crippen MR) is 75.7 cm³/mol. The minimum Gasteiger partial charge on any atom is -0.496 e. The third kappa shape index (κ3) is 3.36. The molecule has 0 radical (unpaired) electrons. The summed E-state index contributed by atoms with van der Waals surface area (Å²) < 4.78 is 45.9. The molecule has 0 heterocycles. The molecule has 0 aliphatic heterocycles. The molecular weight excluding hydrogens is 279 g/mol. The van der Waals surface area contributed by atoms with E-state index in [-0.39, 0.29) is 5.56 Å². The number of methoxy groups -OCH3 is 1. The predicted octanol–water partition coefficient (Wildman–Crippen LogP) is 3.89. The molecule has 2 rings (SSSR count). The zero-order valence-electron chi connectivity index (χ0n) is 11.8. The Hall–Kier alpha value is -2.01. The highest BCUT2D eigenvalue weighted by Crippen LogP contribution is 2.30. The summed E-state index contributed by atoms with van der Waals surface area (Å²) in [6, 6.07) is 6.18. The maximum Gasteiger partial charge on any atom is 0.136 e. The Morgan fingerprint density at radius 3 is 2.29 bits per heavy atom. The lowest BCUT2D eigenvalue weighted by Gasteiger charge is -2.12. The van der Waals surface area contributed by atoms with Gasteiger partial charge in [0.25, 0.3) is 0 Å². The summed E-state index contributed by atoms with van der Waals surface area (Å²) in [5.74, 6) is -2.16. The van der Waals surface area contributed by atoms with Crippen molar-refractivity contribution in [1.82, 2.24) is 5.32 Å². The first kappa shape index (κ1) is 15.4. The van der Waals surface area contributed by atoms with Crippen LogP contribution in [0.25, 0.3) is 11.1 Å². The Labute approximate surface area is 121 Å². The van der Waals surface area contributed by atoms with Crippen molar-refractivity contribution in [3.8, 4) is 16.9 Å². The Morgan fingerprint density at radius 1 is 1.05 bits per heavy atom. The molecule has 5 heteroatoms. The van der Waals surface area contributed by atoms with Gasteiger partial charge in [0.1, 0.15) is 23.2 Å². The van der Waals surface area contributed by atoms with Crippen molar-refractivity contribution in [2.24, 2.45) is 0 Å². The van der Waals surface area contributed by atoms with E-state index in [1.165, 1.54) is 7.11 Å². The van der Waals surface area contributed by atoms with Gasteiger partial charge in [-0.2, -0.15) is 0 Å². The van der Waals surface area contributed by atoms with Gasteiger partial charge in [-0.15, -0.1) is 0 Å². The normalized spacial score (nSPS) is 10.7. The van der Waals surface area contributed by atoms with Crippen molar-refractivity contribution in [2.75, 3.05) is 13.7 Å². The van der Waals surface area contributed by atoms with Crippen LogP contribution in [-0.2, 0) is 6.54 Å². The topological polar surface area (TPSA) is 21.3 Å². The molecular formula is C16H16F3NO. The van der Waals surface area contributed by atoms with Gasteiger partial charge >= 0.3 is 0 Å². The largest absolute Gasteiger partial charge is 0.496 e. The van der Waals surface area contributed by atoms with Crippen molar-refractivity contribution in [2.45, 2.75) is 13.5 Å². The Morgan fingerprint density at radius 2 is 1.71 bits per heavy atom. The van der Waals surface area contributed by atoms with E-state index in [1.807, 2.05) is 6.92 Å². The van der Waals surface area contributed by atoms with Crippen molar-refractivity contribution in [3.63, 3.8) is 0 Å². The van der Waals surface area contributed by atoms with Crippen LogP contribution >= 0.6 is 0 Å². The molecule has 0 aliphatic carbocycles. The summed E-state index contributed by atoms with van der Waals surface area (Å²) in [5.41, 5.74) is 0.885. The maximum absolute atomic E-state index is 13.8. The average molecular weight is 295 g/mol. The Balaban J connectivity index is 2.50. The second kappa shape index (κ2) is 6.63. The van der Waals surface area contributed by atoms with Crippen molar-refractivity contribution in [3.05, 3.63) is 53.3 Å². The van der Waals surface area contributed by atoms with Gasteiger partial charge in [-0.25, -0.2) is 13.2 Å². The number of ether oxygens (including phenoxy) is 1. The van der Waals surface area contributed by atoms with Crippen LogP contribution in [0.4, 0.5) is 13.2 Å². The zero-order chi connectivity index (χ0) is 15.4. The number of rotatable bonds is 5. The zero-order valence-corrected chi connectivity index (χ0v) is 11.8. The summed E-state index contributed by atoms with van der Waals surface area (Å²) in [5, 5.41) is 3.13. The van der Waals surface area contributed by atoms with Crippen LogP contribution in [0.15, 0.2) is 30.3 Å². The van der Waals surface area contributed by atoms with Crippen LogP contribution in [0, 0.1) is 17.5 Å². The van der Waals surface area contributed by atoms with E-state index in [0.29, 0.717) is 30.0 Å². The molecule has 0 aromatic heterocycles. The monoisotopic (exact) mass is 295 g/mol. The molecule has 1 N–H and O–H groups in total. The van der Waals surface area contributed by atoms with Crippen molar-refractivity contribution in [1.29, 1.82) is 0 Å². The first-order valence-electron chi connectivity index (χ1n) is 6.59. The summed E-state index contributed by atoms with van der Waals surface area (Å²) in [7, 11) is 1.53. The van der Waals surface area contributed by atoms with Crippen LogP contribution in [0.3, 0.4) is 0 Å². The van der Waals surface area contributed by atoms with E-state index >= 15 is 0 Å². The summed E-state index contributed by atoms with van der Waals surface area (Å²) in [6.45, 7) is 3.22. The first-order valence-corrected chi connectivity index (χ1v) is 6.59. The van der Waals surface area contributed by atoms with Gasteiger partial charge in [0.2, 0.25) is 0 Å². The third-order valence-electron chi connectivity index (χ3n) is 3.14. The average Bonchev–Trinajstić information content (AvgIpc) is 2.44. The second-order valence-corrected chi connectivity index (χ2v) is 4.55. The molecule has 0 fully saturated rings.